The second-order valence-electron chi connectivity index (χ2n) is 8.40. The summed E-state index contributed by atoms with van der Waals surface area (Å²) in [4.78, 5) is 29.7. The number of esters is 1. The zero-order valence-corrected chi connectivity index (χ0v) is 19.0. The Morgan fingerprint density at radius 3 is 2.66 bits per heavy atom. The van der Waals surface area contributed by atoms with Crippen LogP contribution >= 0.6 is 0 Å². The lowest BCUT2D eigenvalue weighted by molar-refractivity contribution is -0.155. The zero-order valence-electron chi connectivity index (χ0n) is 19.0. The summed E-state index contributed by atoms with van der Waals surface area (Å²) < 4.78 is 16.7. The van der Waals surface area contributed by atoms with Crippen LogP contribution in [0.4, 0.5) is 0 Å². The normalized spacial score (nSPS) is 17.8. The van der Waals surface area contributed by atoms with Gasteiger partial charge in [0.05, 0.1) is 6.61 Å². The Bertz CT molecular complexity index is 816. The number of carbonyl (C=O) groups excluding carboxylic acids is 2. The summed E-state index contributed by atoms with van der Waals surface area (Å²) in [5.74, 6) is 0.164. The van der Waals surface area contributed by atoms with Crippen LogP contribution in [0.25, 0.3) is 0 Å². The number of amides is 1. The molecule has 0 aromatic heterocycles. The number of benzene rings is 1. The van der Waals surface area contributed by atoms with Crippen LogP contribution in [-0.2, 0) is 19.1 Å². The summed E-state index contributed by atoms with van der Waals surface area (Å²) in [7, 11) is 0. The third kappa shape index (κ3) is 7.65. The van der Waals surface area contributed by atoms with E-state index in [-0.39, 0.29) is 26.1 Å². The highest BCUT2D eigenvalue weighted by molar-refractivity contribution is 6.00. The number of hydrazine groups is 1. The van der Waals surface area contributed by atoms with Crippen LogP contribution in [0.2, 0.25) is 0 Å². The van der Waals surface area contributed by atoms with Crippen LogP contribution in [-0.4, -0.2) is 60.4 Å². The van der Waals surface area contributed by atoms with Crippen molar-refractivity contribution in [3.63, 3.8) is 0 Å². The molecule has 1 aromatic rings. The van der Waals surface area contributed by atoms with Gasteiger partial charge in [0, 0.05) is 31.6 Å². The molecular weight excluding hydrogens is 414 g/mol. The van der Waals surface area contributed by atoms with E-state index in [9.17, 15) is 9.59 Å². The molecule has 9 heteroatoms. The summed E-state index contributed by atoms with van der Waals surface area (Å²) in [6, 6.07) is 7.10. The Balaban J connectivity index is 2.15. The smallest absolute Gasteiger partial charge is 0.306 e. The van der Waals surface area contributed by atoms with E-state index < -0.39 is 23.0 Å². The van der Waals surface area contributed by atoms with Crippen molar-refractivity contribution in [1.29, 1.82) is 0 Å². The fourth-order valence-corrected chi connectivity index (χ4v) is 2.92. The number of nitrogens with zero attached hydrogens (tertiary/aromatic N) is 1. The predicted molar refractivity (Wildman–Crippen MR) is 120 cm³/mol. The van der Waals surface area contributed by atoms with Crippen molar-refractivity contribution in [1.82, 2.24) is 10.9 Å². The van der Waals surface area contributed by atoms with Crippen molar-refractivity contribution in [2.45, 2.75) is 51.2 Å². The molecule has 1 amide bonds. The van der Waals surface area contributed by atoms with Gasteiger partial charge in [-0.2, -0.15) is 0 Å². The number of ether oxygens (including phenoxy) is 3. The van der Waals surface area contributed by atoms with E-state index in [0.29, 0.717) is 36.8 Å². The van der Waals surface area contributed by atoms with Crippen molar-refractivity contribution in [3.8, 4) is 5.75 Å². The Morgan fingerprint density at radius 1 is 1.31 bits per heavy atom. The van der Waals surface area contributed by atoms with Crippen LogP contribution in [0.3, 0.4) is 0 Å². The molecule has 1 heterocycles. The summed E-state index contributed by atoms with van der Waals surface area (Å²) in [6.45, 7) is 9.83. The van der Waals surface area contributed by atoms with Gasteiger partial charge in [-0.25, -0.2) is 10.4 Å². The minimum atomic E-state index is -1.27. The molecule has 0 bridgehead atoms. The maximum absolute atomic E-state index is 12.9. The van der Waals surface area contributed by atoms with Crippen molar-refractivity contribution < 1.29 is 28.9 Å². The molecule has 1 atom stereocenters. The number of rotatable bonds is 12. The van der Waals surface area contributed by atoms with Crippen LogP contribution in [0.5, 0.6) is 5.75 Å². The molecule has 0 spiro atoms. The summed E-state index contributed by atoms with van der Waals surface area (Å²) in [6.07, 6.45) is 2.31. The zero-order chi connectivity index (χ0) is 23.6. The molecule has 3 N–H and O–H groups in total. The number of hydrogen-bond acceptors (Lipinski definition) is 8. The van der Waals surface area contributed by atoms with Crippen LogP contribution in [0.1, 0.15) is 45.6 Å². The number of aliphatic hydroxyl groups excluding tert-OH is 1. The van der Waals surface area contributed by atoms with Gasteiger partial charge in [0.1, 0.15) is 18.0 Å². The quantitative estimate of drug-likeness (QED) is 0.194. The standard InChI is InChI=1S/C23H33N3O6/c1-5-13-24-26-21(29)23(12-11-19(28)32-22(2,3)4)16-31-20(25-23)17-7-9-18(10-8-17)30-15-6-14-27/h5,7-10,24,27H,1,6,11-16H2,2-4H3,(H,26,29)/t23-/m0/s1. The number of nitrogens with one attached hydrogen (secondary N) is 2. The van der Waals surface area contributed by atoms with E-state index >= 15 is 0 Å². The van der Waals surface area contributed by atoms with E-state index in [4.69, 9.17) is 19.3 Å². The van der Waals surface area contributed by atoms with Gasteiger partial charge in [-0.3, -0.25) is 15.0 Å². The number of hydrogen-bond donors (Lipinski definition) is 3. The number of aliphatic hydroxyl groups is 1. The van der Waals surface area contributed by atoms with Crippen LogP contribution in [0.15, 0.2) is 41.9 Å². The highest BCUT2D eigenvalue weighted by atomic mass is 16.6. The Labute approximate surface area is 188 Å². The van der Waals surface area contributed by atoms with Gasteiger partial charge < -0.3 is 19.3 Å². The molecule has 1 aliphatic rings. The average Bonchev–Trinajstić information content (AvgIpc) is 3.18. The maximum atomic E-state index is 12.9. The fourth-order valence-electron chi connectivity index (χ4n) is 2.92. The molecule has 176 valence electrons. The average molecular weight is 448 g/mol. The predicted octanol–water partition coefficient (Wildman–Crippen LogP) is 1.89. The molecule has 1 aromatic carbocycles. The SMILES string of the molecule is C=CCNNC(=O)[C@]1(CCC(=O)OC(C)(C)C)COC(c2ccc(OCCCO)cc2)=N1. The van der Waals surface area contributed by atoms with E-state index in [2.05, 4.69) is 22.4 Å². The summed E-state index contributed by atoms with van der Waals surface area (Å²) in [5.41, 5.74) is 4.17. The fraction of sp³-hybridized carbons (Fsp3) is 0.522. The summed E-state index contributed by atoms with van der Waals surface area (Å²) in [5, 5.41) is 8.84. The summed E-state index contributed by atoms with van der Waals surface area (Å²) >= 11 is 0. The topological polar surface area (TPSA) is 118 Å². The van der Waals surface area contributed by atoms with Crippen molar-refractivity contribution in [2.24, 2.45) is 4.99 Å². The maximum Gasteiger partial charge on any atom is 0.306 e. The Morgan fingerprint density at radius 2 is 2.03 bits per heavy atom. The van der Waals surface area contributed by atoms with E-state index in [1.165, 1.54) is 0 Å². The van der Waals surface area contributed by atoms with Gasteiger partial charge in [0.25, 0.3) is 5.91 Å². The van der Waals surface area contributed by atoms with E-state index in [1.807, 2.05) is 0 Å². The lowest BCUT2D eigenvalue weighted by Crippen LogP contribution is -2.52. The van der Waals surface area contributed by atoms with Gasteiger partial charge >= 0.3 is 5.97 Å². The first-order valence-corrected chi connectivity index (χ1v) is 10.6. The second kappa shape index (κ2) is 11.6. The molecule has 9 nitrogen and oxygen atoms in total. The number of aliphatic imine (C=N–C) groups is 1. The molecular formula is C23H33N3O6. The lowest BCUT2D eigenvalue weighted by atomic mass is 9.94. The second-order valence-corrected chi connectivity index (χ2v) is 8.40. The molecule has 0 saturated heterocycles. The molecule has 0 radical (unpaired) electrons. The molecule has 32 heavy (non-hydrogen) atoms. The third-order valence-corrected chi connectivity index (χ3v) is 4.47. The van der Waals surface area contributed by atoms with E-state index in [1.54, 1.807) is 51.1 Å². The Kier molecular flexibility index (Phi) is 9.22. The van der Waals surface area contributed by atoms with Crippen molar-refractivity contribution in [3.05, 3.63) is 42.5 Å². The minimum Gasteiger partial charge on any atom is -0.494 e. The van der Waals surface area contributed by atoms with E-state index in [0.717, 1.165) is 0 Å². The first-order valence-electron chi connectivity index (χ1n) is 10.6. The van der Waals surface area contributed by atoms with Gasteiger partial charge in [-0.15, -0.1) is 6.58 Å². The van der Waals surface area contributed by atoms with Crippen molar-refractivity contribution in [2.75, 3.05) is 26.4 Å². The van der Waals surface area contributed by atoms with Gasteiger partial charge in [0.2, 0.25) is 5.90 Å². The lowest BCUT2D eigenvalue weighted by Gasteiger charge is -2.24. The van der Waals surface area contributed by atoms with Crippen molar-refractivity contribution >= 4 is 17.8 Å². The monoisotopic (exact) mass is 447 g/mol. The highest BCUT2D eigenvalue weighted by Crippen LogP contribution is 2.28. The van der Waals surface area contributed by atoms with Crippen LogP contribution < -0.4 is 15.6 Å². The third-order valence-electron chi connectivity index (χ3n) is 4.47. The number of carbonyl (C=O) groups is 2. The first-order chi connectivity index (χ1) is 15.2. The van der Waals surface area contributed by atoms with Gasteiger partial charge in [-0.1, -0.05) is 6.08 Å². The van der Waals surface area contributed by atoms with Gasteiger partial charge in [0.15, 0.2) is 5.54 Å². The van der Waals surface area contributed by atoms with Crippen LogP contribution in [0, 0.1) is 0 Å². The highest BCUT2D eigenvalue weighted by Gasteiger charge is 2.44. The largest absolute Gasteiger partial charge is 0.494 e. The molecule has 0 fully saturated rings. The Hall–Kier alpha value is -2.91. The molecule has 0 unspecified atom stereocenters. The van der Waals surface area contributed by atoms with Gasteiger partial charge in [-0.05, 0) is 51.5 Å². The molecule has 2 rings (SSSR count). The molecule has 1 aliphatic heterocycles. The minimum absolute atomic E-state index is 0.00147. The molecule has 0 saturated carbocycles. The molecule has 0 aliphatic carbocycles. The first kappa shape index (κ1) is 25.4.